The molecule has 1 aliphatic carbocycles. The lowest BCUT2D eigenvalue weighted by atomic mass is 9.84. The molecule has 2 aliphatic rings. The SMILES string of the molecule is CCN1CCCC(NCC2(O)CCCCC2)CC1. The molecule has 0 aromatic rings. The first-order valence-electron chi connectivity index (χ1n) is 7.90. The molecule has 3 heteroatoms. The molecule has 1 aliphatic heterocycles. The minimum atomic E-state index is -0.408. The summed E-state index contributed by atoms with van der Waals surface area (Å²) >= 11 is 0. The fourth-order valence-corrected chi connectivity index (χ4v) is 3.40. The highest BCUT2D eigenvalue weighted by Crippen LogP contribution is 2.27. The van der Waals surface area contributed by atoms with Gasteiger partial charge in [0.25, 0.3) is 0 Å². The Morgan fingerprint density at radius 3 is 2.61 bits per heavy atom. The summed E-state index contributed by atoms with van der Waals surface area (Å²) in [6.45, 7) is 6.70. The molecule has 1 saturated carbocycles. The van der Waals surface area contributed by atoms with E-state index < -0.39 is 5.60 Å². The number of likely N-dealkylation sites (tertiary alicyclic amines) is 1. The second-order valence-electron chi connectivity index (χ2n) is 6.23. The fraction of sp³-hybridized carbons (Fsp3) is 1.00. The van der Waals surface area contributed by atoms with Gasteiger partial charge >= 0.3 is 0 Å². The van der Waals surface area contributed by atoms with Crippen LogP contribution in [0.2, 0.25) is 0 Å². The van der Waals surface area contributed by atoms with Gasteiger partial charge in [-0.3, -0.25) is 0 Å². The van der Waals surface area contributed by atoms with Crippen LogP contribution >= 0.6 is 0 Å². The number of rotatable bonds is 4. The second kappa shape index (κ2) is 6.88. The van der Waals surface area contributed by atoms with Crippen molar-refractivity contribution in [3.8, 4) is 0 Å². The van der Waals surface area contributed by atoms with Gasteiger partial charge in [-0.2, -0.15) is 0 Å². The van der Waals surface area contributed by atoms with Crippen molar-refractivity contribution in [2.75, 3.05) is 26.2 Å². The van der Waals surface area contributed by atoms with E-state index in [2.05, 4.69) is 17.1 Å². The van der Waals surface area contributed by atoms with Crippen LogP contribution in [0.1, 0.15) is 58.3 Å². The fourth-order valence-electron chi connectivity index (χ4n) is 3.40. The van der Waals surface area contributed by atoms with Crippen molar-refractivity contribution in [2.45, 2.75) is 69.9 Å². The summed E-state index contributed by atoms with van der Waals surface area (Å²) in [5, 5.41) is 14.1. The third-order valence-corrected chi connectivity index (χ3v) is 4.77. The molecule has 3 nitrogen and oxygen atoms in total. The Hall–Kier alpha value is -0.120. The van der Waals surface area contributed by atoms with Crippen LogP contribution in [0.25, 0.3) is 0 Å². The quantitative estimate of drug-likeness (QED) is 0.807. The molecule has 0 aromatic carbocycles. The molecule has 2 rings (SSSR count). The van der Waals surface area contributed by atoms with Crippen molar-refractivity contribution in [2.24, 2.45) is 0 Å². The van der Waals surface area contributed by atoms with Crippen LogP contribution in [0.5, 0.6) is 0 Å². The van der Waals surface area contributed by atoms with E-state index in [0.717, 1.165) is 19.4 Å². The molecule has 106 valence electrons. The first-order chi connectivity index (χ1) is 8.72. The van der Waals surface area contributed by atoms with Crippen LogP contribution in [0.4, 0.5) is 0 Å². The third-order valence-electron chi connectivity index (χ3n) is 4.77. The van der Waals surface area contributed by atoms with E-state index in [1.165, 1.54) is 58.2 Å². The topological polar surface area (TPSA) is 35.5 Å². The van der Waals surface area contributed by atoms with Crippen LogP contribution in [0, 0.1) is 0 Å². The maximum Gasteiger partial charge on any atom is 0.0771 e. The lowest BCUT2D eigenvalue weighted by molar-refractivity contribution is 0.00229. The predicted octanol–water partition coefficient (Wildman–Crippen LogP) is 2.15. The molecule has 1 heterocycles. The summed E-state index contributed by atoms with van der Waals surface area (Å²) in [4.78, 5) is 2.54. The zero-order chi connectivity index (χ0) is 12.8. The molecule has 0 spiro atoms. The smallest absolute Gasteiger partial charge is 0.0771 e. The van der Waals surface area contributed by atoms with Gasteiger partial charge in [-0.05, 0) is 51.7 Å². The highest BCUT2D eigenvalue weighted by Gasteiger charge is 2.29. The highest BCUT2D eigenvalue weighted by molar-refractivity contribution is 4.86. The second-order valence-corrected chi connectivity index (χ2v) is 6.23. The average molecular weight is 254 g/mol. The maximum atomic E-state index is 10.5. The van der Waals surface area contributed by atoms with Crippen LogP contribution in [-0.4, -0.2) is 47.8 Å². The lowest BCUT2D eigenvalue weighted by Crippen LogP contribution is -2.45. The van der Waals surface area contributed by atoms with E-state index in [1.54, 1.807) is 0 Å². The van der Waals surface area contributed by atoms with Gasteiger partial charge in [0.05, 0.1) is 5.60 Å². The Balaban J connectivity index is 1.72. The van der Waals surface area contributed by atoms with E-state index in [9.17, 15) is 5.11 Å². The van der Waals surface area contributed by atoms with Crippen LogP contribution in [-0.2, 0) is 0 Å². The van der Waals surface area contributed by atoms with Gasteiger partial charge in [0.2, 0.25) is 0 Å². The van der Waals surface area contributed by atoms with Gasteiger partial charge in [-0.25, -0.2) is 0 Å². The summed E-state index contributed by atoms with van der Waals surface area (Å²) in [6.07, 6.45) is 9.50. The van der Waals surface area contributed by atoms with E-state index in [0.29, 0.717) is 6.04 Å². The number of hydrogen-bond acceptors (Lipinski definition) is 3. The Morgan fingerprint density at radius 1 is 1.11 bits per heavy atom. The number of aliphatic hydroxyl groups is 1. The molecule has 0 radical (unpaired) electrons. The molecular weight excluding hydrogens is 224 g/mol. The molecule has 18 heavy (non-hydrogen) atoms. The maximum absolute atomic E-state index is 10.5. The van der Waals surface area contributed by atoms with Crippen LogP contribution < -0.4 is 5.32 Å². The molecule has 0 amide bonds. The Labute approximate surface area is 112 Å². The van der Waals surface area contributed by atoms with Crippen molar-refractivity contribution in [1.82, 2.24) is 10.2 Å². The van der Waals surface area contributed by atoms with Crippen molar-refractivity contribution < 1.29 is 5.11 Å². The van der Waals surface area contributed by atoms with Gasteiger partial charge < -0.3 is 15.3 Å². The molecular formula is C15H30N2O. The van der Waals surface area contributed by atoms with E-state index in [-0.39, 0.29) is 0 Å². The molecule has 0 aromatic heterocycles. The van der Waals surface area contributed by atoms with Gasteiger partial charge in [0.1, 0.15) is 0 Å². The summed E-state index contributed by atoms with van der Waals surface area (Å²) < 4.78 is 0. The number of hydrogen-bond donors (Lipinski definition) is 2. The van der Waals surface area contributed by atoms with Crippen molar-refractivity contribution in [3.63, 3.8) is 0 Å². The Kier molecular flexibility index (Phi) is 5.46. The third kappa shape index (κ3) is 4.22. The molecule has 2 N–H and O–H groups in total. The van der Waals surface area contributed by atoms with Gasteiger partial charge in [0.15, 0.2) is 0 Å². The van der Waals surface area contributed by atoms with Gasteiger partial charge in [0, 0.05) is 12.6 Å². The Bertz CT molecular complexity index is 239. The normalized spacial score (nSPS) is 30.0. The summed E-state index contributed by atoms with van der Waals surface area (Å²) in [6, 6.07) is 0.618. The average Bonchev–Trinajstić information content (AvgIpc) is 2.62. The zero-order valence-electron chi connectivity index (χ0n) is 12.0. The molecule has 1 unspecified atom stereocenters. The standard InChI is InChI=1S/C15H30N2O/c1-2-17-11-6-7-14(8-12-17)16-13-15(18)9-4-3-5-10-15/h14,16,18H,2-13H2,1H3. The van der Waals surface area contributed by atoms with E-state index in [1.807, 2.05) is 0 Å². The van der Waals surface area contributed by atoms with Gasteiger partial charge in [-0.15, -0.1) is 0 Å². The van der Waals surface area contributed by atoms with E-state index >= 15 is 0 Å². The first kappa shape index (κ1) is 14.3. The summed E-state index contributed by atoms with van der Waals surface area (Å²) in [7, 11) is 0. The Morgan fingerprint density at radius 2 is 1.89 bits per heavy atom. The predicted molar refractivity (Wildman–Crippen MR) is 75.8 cm³/mol. The molecule has 0 bridgehead atoms. The molecule has 1 atom stereocenters. The van der Waals surface area contributed by atoms with Crippen molar-refractivity contribution in [3.05, 3.63) is 0 Å². The lowest BCUT2D eigenvalue weighted by Gasteiger charge is -2.33. The largest absolute Gasteiger partial charge is 0.389 e. The van der Waals surface area contributed by atoms with Crippen LogP contribution in [0.15, 0.2) is 0 Å². The first-order valence-corrected chi connectivity index (χ1v) is 7.90. The van der Waals surface area contributed by atoms with Crippen molar-refractivity contribution in [1.29, 1.82) is 0 Å². The highest BCUT2D eigenvalue weighted by atomic mass is 16.3. The van der Waals surface area contributed by atoms with Gasteiger partial charge in [-0.1, -0.05) is 26.2 Å². The number of nitrogens with zero attached hydrogens (tertiary/aromatic N) is 1. The van der Waals surface area contributed by atoms with E-state index in [4.69, 9.17) is 0 Å². The molecule has 2 fully saturated rings. The minimum absolute atomic E-state index is 0.408. The monoisotopic (exact) mass is 254 g/mol. The summed E-state index contributed by atoms with van der Waals surface area (Å²) in [5.74, 6) is 0. The molecule has 1 saturated heterocycles. The minimum Gasteiger partial charge on any atom is -0.389 e. The van der Waals surface area contributed by atoms with Crippen LogP contribution in [0.3, 0.4) is 0 Å². The number of nitrogens with one attached hydrogen (secondary N) is 1. The zero-order valence-corrected chi connectivity index (χ0v) is 12.0. The van der Waals surface area contributed by atoms with Crippen molar-refractivity contribution >= 4 is 0 Å². The summed E-state index contributed by atoms with van der Waals surface area (Å²) in [5.41, 5.74) is -0.408.